The molecular weight excluding hydrogens is 432 g/mol. The maximum absolute atomic E-state index is 13.2. The molecule has 2 aromatic rings. The number of benzene rings is 2. The molecule has 2 saturated heterocycles. The first-order valence-electron chi connectivity index (χ1n) is 11.5. The number of nitrogens with zero attached hydrogens (tertiary/aromatic N) is 2. The van der Waals surface area contributed by atoms with E-state index < -0.39 is 17.7 Å². The maximum Gasteiger partial charge on any atom is 0.295 e. The van der Waals surface area contributed by atoms with Crippen LogP contribution in [-0.2, 0) is 14.3 Å². The third kappa shape index (κ3) is 5.05. The summed E-state index contributed by atoms with van der Waals surface area (Å²) in [5.41, 5.74) is 2.39. The molecule has 4 rings (SSSR count). The van der Waals surface area contributed by atoms with Crippen LogP contribution >= 0.6 is 0 Å². The molecule has 0 radical (unpaired) electrons. The van der Waals surface area contributed by atoms with E-state index in [1.165, 1.54) is 0 Å². The lowest BCUT2D eigenvalue weighted by Crippen LogP contribution is -2.42. The molecule has 1 atom stereocenters. The second kappa shape index (κ2) is 10.7. The second-order valence-electron chi connectivity index (χ2n) is 8.48. The first-order valence-corrected chi connectivity index (χ1v) is 11.5. The van der Waals surface area contributed by atoms with Crippen molar-refractivity contribution in [2.75, 3.05) is 46.0 Å². The minimum Gasteiger partial charge on any atom is -0.507 e. The summed E-state index contributed by atoms with van der Waals surface area (Å²) in [4.78, 5) is 30.1. The van der Waals surface area contributed by atoms with Gasteiger partial charge in [0.1, 0.15) is 18.1 Å². The first kappa shape index (κ1) is 23.7. The highest BCUT2D eigenvalue weighted by atomic mass is 16.5. The third-order valence-electron chi connectivity index (χ3n) is 6.19. The summed E-state index contributed by atoms with van der Waals surface area (Å²) in [6.45, 7) is 9.85. The van der Waals surface area contributed by atoms with E-state index >= 15 is 0 Å². The fraction of sp³-hybridized carbons (Fsp3) is 0.333. The predicted molar refractivity (Wildman–Crippen MR) is 130 cm³/mol. The molecule has 2 heterocycles. The van der Waals surface area contributed by atoms with Crippen molar-refractivity contribution in [2.24, 2.45) is 0 Å². The molecule has 7 nitrogen and oxygen atoms in total. The molecule has 0 spiro atoms. The van der Waals surface area contributed by atoms with Crippen molar-refractivity contribution in [3.05, 3.63) is 83.4 Å². The van der Waals surface area contributed by atoms with E-state index in [4.69, 9.17) is 9.47 Å². The number of hydrogen-bond acceptors (Lipinski definition) is 6. The highest BCUT2D eigenvalue weighted by molar-refractivity contribution is 6.46. The fourth-order valence-electron chi connectivity index (χ4n) is 4.30. The number of rotatable bonds is 8. The molecule has 0 aromatic heterocycles. The number of carbonyl (C=O) groups excluding carboxylic acids is 2. The molecule has 2 aliphatic heterocycles. The van der Waals surface area contributed by atoms with Crippen LogP contribution in [-0.4, -0.2) is 72.6 Å². The number of morpholine rings is 1. The van der Waals surface area contributed by atoms with Gasteiger partial charge in [-0.25, -0.2) is 0 Å². The monoisotopic (exact) mass is 462 g/mol. The zero-order valence-corrected chi connectivity index (χ0v) is 19.4. The van der Waals surface area contributed by atoms with Gasteiger partial charge in [0.15, 0.2) is 0 Å². The molecule has 1 N–H and O–H groups in total. The number of aliphatic hydroxyl groups is 1. The van der Waals surface area contributed by atoms with Gasteiger partial charge in [0.05, 0.1) is 24.8 Å². The number of ether oxygens (including phenoxy) is 2. The lowest BCUT2D eigenvalue weighted by atomic mass is 9.95. The Labute approximate surface area is 199 Å². The van der Waals surface area contributed by atoms with E-state index in [2.05, 4.69) is 11.5 Å². The number of ketones is 1. The van der Waals surface area contributed by atoms with Gasteiger partial charge in [-0.05, 0) is 24.6 Å². The van der Waals surface area contributed by atoms with Gasteiger partial charge in [-0.2, -0.15) is 0 Å². The van der Waals surface area contributed by atoms with Gasteiger partial charge in [-0.15, -0.1) is 0 Å². The van der Waals surface area contributed by atoms with Crippen LogP contribution < -0.4 is 4.74 Å². The van der Waals surface area contributed by atoms with Gasteiger partial charge in [0.25, 0.3) is 11.7 Å². The Balaban J connectivity index is 1.70. The van der Waals surface area contributed by atoms with E-state index in [-0.39, 0.29) is 11.3 Å². The topological polar surface area (TPSA) is 79.3 Å². The molecule has 0 aliphatic carbocycles. The molecule has 2 fully saturated rings. The highest BCUT2D eigenvalue weighted by Crippen LogP contribution is 2.39. The number of aliphatic hydroxyl groups excluding tert-OH is 1. The summed E-state index contributed by atoms with van der Waals surface area (Å²) in [6, 6.07) is 13.8. The average molecular weight is 463 g/mol. The van der Waals surface area contributed by atoms with Crippen molar-refractivity contribution in [2.45, 2.75) is 13.0 Å². The summed E-state index contributed by atoms with van der Waals surface area (Å²) in [7, 11) is 0. The third-order valence-corrected chi connectivity index (χ3v) is 6.19. The Kier molecular flexibility index (Phi) is 7.45. The van der Waals surface area contributed by atoms with E-state index in [0.717, 1.165) is 24.2 Å². The normalized spacial score (nSPS) is 20.5. The summed E-state index contributed by atoms with van der Waals surface area (Å²) in [6.07, 6.45) is 1.66. The van der Waals surface area contributed by atoms with Crippen LogP contribution in [0.2, 0.25) is 0 Å². The number of likely N-dealkylation sites (tertiary alicyclic amines) is 1. The lowest BCUT2D eigenvalue weighted by Gasteiger charge is -2.31. The minimum absolute atomic E-state index is 0.107. The Morgan fingerprint density at radius 3 is 2.41 bits per heavy atom. The van der Waals surface area contributed by atoms with Crippen LogP contribution in [0.1, 0.15) is 22.7 Å². The first-order chi connectivity index (χ1) is 16.5. The van der Waals surface area contributed by atoms with Crippen molar-refractivity contribution >= 4 is 17.4 Å². The maximum atomic E-state index is 13.2. The van der Waals surface area contributed by atoms with Crippen LogP contribution in [0.4, 0.5) is 0 Å². The van der Waals surface area contributed by atoms with E-state index in [9.17, 15) is 14.7 Å². The van der Waals surface area contributed by atoms with E-state index in [0.29, 0.717) is 44.2 Å². The van der Waals surface area contributed by atoms with Crippen LogP contribution in [0, 0.1) is 6.92 Å². The van der Waals surface area contributed by atoms with Crippen LogP contribution in [0.5, 0.6) is 5.75 Å². The Morgan fingerprint density at radius 2 is 1.76 bits per heavy atom. The molecule has 0 bridgehead atoms. The van der Waals surface area contributed by atoms with Gasteiger partial charge in [0, 0.05) is 31.7 Å². The number of hydrogen-bond donors (Lipinski definition) is 1. The summed E-state index contributed by atoms with van der Waals surface area (Å²) < 4.78 is 11.0. The van der Waals surface area contributed by atoms with E-state index in [1.54, 1.807) is 35.2 Å². The van der Waals surface area contributed by atoms with Gasteiger partial charge in [0.2, 0.25) is 0 Å². The number of carbonyl (C=O) groups is 2. The molecule has 178 valence electrons. The molecule has 7 heteroatoms. The molecule has 0 unspecified atom stereocenters. The Morgan fingerprint density at radius 1 is 1.09 bits per heavy atom. The molecular formula is C27H30N2O5. The fourth-order valence-corrected chi connectivity index (χ4v) is 4.30. The van der Waals surface area contributed by atoms with Gasteiger partial charge < -0.3 is 19.5 Å². The molecule has 1 amide bonds. The summed E-state index contributed by atoms with van der Waals surface area (Å²) >= 11 is 0. The Bertz CT molecular complexity index is 1070. The quantitative estimate of drug-likeness (QED) is 0.281. The lowest BCUT2D eigenvalue weighted by molar-refractivity contribution is -0.140. The van der Waals surface area contributed by atoms with Gasteiger partial charge in [-0.1, -0.05) is 54.6 Å². The molecule has 2 aliphatic rings. The zero-order valence-electron chi connectivity index (χ0n) is 19.4. The standard InChI is InChI=1S/C27H30N2O5/c1-3-16-34-22-10-8-20(9-11-22)24-23(25(30)21-6-4-19(2)5-7-21)26(31)27(32)29(24)13-12-28-14-17-33-18-15-28/h3-11,24,30H,1,12-18H2,2H3/b25-23+/t24-/m1/s1. The molecule has 2 aromatic carbocycles. The van der Waals surface area contributed by atoms with Gasteiger partial charge >= 0.3 is 0 Å². The zero-order chi connectivity index (χ0) is 24.1. The number of Topliss-reactive ketones (excluding diaryl/α,β-unsaturated/α-hetero) is 1. The van der Waals surface area contributed by atoms with Crippen LogP contribution in [0.3, 0.4) is 0 Å². The van der Waals surface area contributed by atoms with Crippen LogP contribution in [0.25, 0.3) is 5.76 Å². The van der Waals surface area contributed by atoms with Crippen LogP contribution in [0.15, 0.2) is 66.8 Å². The van der Waals surface area contributed by atoms with Crippen molar-refractivity contribution in [1.29, 1.82) is 0 Å². The number of amides is 1. The average Bonchev–Trinajstić information content (AvgIpc) is 3.12. The highest BCUT2D eigenvalue weighted by Gasteiger charge is 2.46. The van der Waals surface area contributed by atoms with Crippen molar-refractivity contribution < 1.29 is 24.2 Å². The SMILES string of the molecule is C=CCOc1ccc([C@@H]2/C(=C(\O)c3ccc(C)cc3)C(=O)C(=O)N2CCN2CCOCC2)cc1. The predicted octanol–water partition coefficient (Wildman–Crippen LogP) is 3.31. The van der Waals surface area contributed by atoms with Crippen molar-refractivity contribution in [3.8, 4) is 5.75 Å². The van der Waals surface area contributed by atoms with Crippen molar-refractivity contribution in [1.82, 2.24) is 9.80 Å². The van der Waals surface area contributed by atoms with Gasteiger partial charge in [-0.3, -0.25) is 14.5 Å². The molecule has 34 heavy (non-hydrogen) atoms. The number of aryl methyl sites for hydroxylation is 1. The summed E-state index contributed by atoms with van der Waals surface area (Å²) in [5, 5.41) is 11.2. The minimum atomic E-state index is -0.684. The largest absolute Gasteiger partial charge is 0.507 e. The van der Waals surface area contributed by atoms with Crippen molar-refractivity contribution in [3.63, 3.8) is 0 Å². The molecule has 0 saturated carbocycles. The second-order valence-corrected chi connectivity index (χ2v) is 8.48. The summed E-state index contributed by atoms with van der Waals surface area (Å²) in [5.74, 6) is -0.771. The van der Waals surface area contributed by atoms with E-state index in [1.807, 2.05) is 31.2 Å². The Hall–Kier alpha value is -3.42. The smallest absolute Gasteiger partial charge is 0.295 e.